The highest BCUT2D eigenvalue weighted by Gasteiger charge is 2.37. The first kappa shape index (κ1) is 11.4. The number of aliphatic hydroxyl groups excluding tert-OH is 1. The van der Waals surface area contributed by atoms with Crippen molar-refractivity contribution >= 4 is 0 Å². The van der Waals surface area contributed by atoms with Crippen molar-refractivity contribution in [2.45, 2.75) is 24.7 Å². The zero-order valence-electron chi connectivity index (χ0n) is 9.70. The fraction of sp³-hybridized carbons (Fsp3) is 0.538. The number of hydrogen-bond donors (Lipinski definition) is 2. The number of aliphatic hydroxyl groups is 1. The van der Waals surface area contributed by atoms with E-state index in [1.165, 1.54) is 11.1 Å². The Morgan fingerprint density at radius 1 is 1.50 bits per heavy atom. The molecule has 1 aromatic carbocycles. The minimum absolute atomic E-state index is 0.0430. The van der Waals surface area contributed by atoms with Crippen molar-refractivity contribution in [1.29, 1.82) is 0 Å². The minimum atomic E-state index is -0.0430. The predicted octanol–water partition coefficient (Wildman–Crippen LogP) is 1.22. The van der Waals surface area contributed by atoms with Crippen molar-refractivity contribution in [3.63, 3.8) is 0 Å². The molecule has 2 rings (SSSR count). The van der Waals surface area contributed by atoms with Crippen LogP contribution in [-0.4, -0.2) is 25.4 Å². The van der Waals surface area contributed by atoms with Crippen LogP contribution in [0.5, 0.6) is 5.75 Å². The number of rotatable bonds is 4. The van der Waals surface area contributed by atoms with Gasteiger partial charge in [0.25, 0.3) is 0 Å². The van der Waals surface area contributed by atoms with Crippen LogP contribution in [0.15, 0.2) is 18.2 Å². The Hall–Kier alpha value is -1.06. The van der Waals surface area contributed by atoms with Gasteiger partial charge in [-0.15, -0.1) is 0 Å². The molecule has 0 bridgehead atoms. The topological polar surface area (TPSA) is 55.5 Å². The number of benzene rings is 1. The SMILES string of the molecule is COc1ccc2c(c1)C(CN)(CCO)CC2. The molecule has 0 amide bonds. The Morgan fingerprint density at radius 2 is 2.31 bits per heavy atom. The molecule has 3 nitrogen and oxygen atoms in total. The summed E-state index contributed by atoms with van der Waals surface area (Å²) in [6.45, 7) is 0.779. The molecule has 0 saturated carbocycles. The van der Waals surface area contributed by atoms with E-state index < -0.39 is 0 Å². The predicted molar refractivity (Wildman–Crippen MR) is 63.8 cm³/mol. The minimum Gasteiger partial charge on any atom is -0.497 e. The Labute approximate surface area is 96.2 Å². The zero-order chi connectivity index (χ0) is 11.6. The summed E-state index contributed by atoms with van der Waals surface area (Å²) in [4.78, 5) is 0. The summed E-state index contributed by atoms with van der Waals surface area (Å²) >= 11 is 0. The van der Waals surface area contributed by atoms with Crippen molar-refractivity contribution in [3.8, 4) is 5.75 Å². The smallest absolute Gasteiger partial charge is 0.119 e. The van der Waals surface area contributed by atoms with E-state index in [2.05, 4.69) is 12.1 Å². The second-order valence-electron chi connectivity index (χ2n) is 4.48. The fourth-order valence-electron chi connectivity index (χ4n) is 2.69. The number of aryl methyl sites for hydroxylation is 1. The van der Waals surface area contributed by atoms with E-state index >= 15 is 0 Å². The molecular weight excluding hydrogens is 202 g/mol. The van der Waals surface area contributed by atoms with Gasteiger partial charge in [0.1, 0.15) is 5.75 Å². The van der Waals surface area contributed by atoms with Crippen molar-refractivity contribution in [2.24, 2.45) is 5.73 Å². The van der Waals surface area contributed by atoms with E-state index in [0.29, 0.717) is 6.54 Å². The summed E-state index contributed by atoms with van der Waals surface area (Å²) < 4.78 is 5.25. The van der Waals surface area contributed by atoms with Crippen LogP contribution in [0.3, 0.4) is 0 Å². The third kappa shape index (κ3) is 1.70. The molecule has 0 heterocycles. The van der Waals surface area contributed by atoms with Crippen LogP contribution in [0.4, 0.5) is 0 Å². The Balaban J connectivity index is 2.42. The lowest BCUT2D eigenvalue weighted by molar-refractivity contribution is 0.238. The quantitative estimate of drug-likeness (QED) is 0.803. The Kier molecular flexibility index (Phi) is 3.17. The monoisotopic (exact) mass is 221 g/mol. The summed E-state index contributed by atoms with van der Waals surface area (Å²) in [5, 5.41) is 9.19. The second kappa shape index (κ2) is 4.44. The zero-order valence-corrected chi connectivity index (χ0v) is 9.70. The normalized spacial score (nSPS) is 23.2. The molecule has 1 aliphatic carbocycles. The lowest BCUT2D eigenvalue weighted by Crippen LogP contribution is -2.33. The van der Waals surface area contributed by atoms with Crippen molar-refractivity contribution in [3.05, 3.63) is 29.3 Å². The summed E-state index contributed by atoms with van der Waals surface area (Å²) in [6.07, 6.45) is 2.83. The lowest BCUT2D eigenvalue weighted by atomic mass is 9.79. The third-order valence-corrected chi connectivity index (χ3v) is 3.74. The van der Waals surface area contributed by atoms with Gasteiger partial charge in [0.2, 0.25) is 0 Å². The molecule has 3 heteroatoms. The first-order valence-corrected chi connectivity index (χ1v) is 5.74. The molecule has 0 spiro atoms. The van der Waals surface area contributed by atoms with E-state index in [1.54, 1.807) is 7.11 Å². The largest absolute Gasteiger partial charge is 0.497 e. The van der Waals surface area contributed by atoms with Crippen LogP contribution in [0.2, 0.25) is 0 Å². The van der Waals surface area contributed by atoms with Gasteiger partial charge in [-0.05, 0) is 42.5 Å². The summed E-state index contributed by atoms with van der Waals surface area (Å²) in [7, 11) is 1.67. The van der Waals surface area contributed by atoms with E-state index in [1.807, 2.05) is 6.07 Å². The van der Waals surface area contributed by atoms with Gasteiger partial charge in [-0.2, -0.15) is 0 Å². The van der Waals surface area contributed by atoms with Gasteiger partial charge in [0.05, 0.1) is 7.11 Å². The fourth-order valence-corrected chi connectivity index (χ4v) is 2.69. The van der Waals surface area contributed by atoms with Crippen LogP contribution >= 0.6 is 0 Å². The van der Waals surface area contributed by atoms with Crippen LogP contribution < -0.4 is 10.5 Å². The van der Waals surface area contributed by atoms with Crippen LogP contribution in [0.25, 0.3) is 0 Å². The average molecular weight is 221 g/mol. The van der Waals surface area contributed by atoms with E-state index in [4.69, 9.17) is 10.5 Å². The highest BCUT2D eigenvalue weighted by molar-refractivity contribution is 5.44. The number of hydrogen-bond acceptors (Lipinski definition) is 3. The lowest BCUT2D eigenvalue weighted by Gasteiger charge is -2.28. The van der Waals surface area contributed by atoms with E-state index in [0.717, 1.165) is 25.0 Å². The van der Waals surface area contributed by atoms with Crippen molar-refractivity contribution < 1.29 is 9.84 Å². The van der Waals surface area contributed by atoms with E-state index in [-0.39, 0.29) is 12.0 Å². The van der Waals surface area contributed by atoms with Gasteiger partial charge in [0, 0.05) is 18.6 Å². The average Bonchev–Trinajstić information content (AvgIpc) is 2.69. The highest BCUT2D eigenvalue weighted by atomic mass is 16.5. The maximum Gasteiger partial charge on any atom is 0.119 e. The maximum atomic E-state index is 9.19. The Bertz CT molecular complexity index is 374. The molecule has 1 aromatic rings. The highest BCUT2D eigenvalue weighted by Crippen LogP contribution is 2.42. The first-order valence-electron chi connectivity index (χ1n) is 5.74. The molecule has 0 aliphatic heterocycles. The van der Waals surface area contributed by atoms with Gasteiger partial charge in [-0.3, -0.25) is 0 Å². The molecule has 16 heavy (non-hydrogen) atoms. The molecule has 0 fully saturated rings. The molecular formula is C13H19NO2. The molecule has 3 N–H and O–H groups in total. The van der Waals surface area contributed by atoms with Crippen molar-refractivity contribution in [1.82, 2.24) is 0 Å². The molecule has 88 valence electrons. The third-order valence-electron chi connectivity index (χ3n) is 3.74. The summed E-state index contributed by atoms with van der Waals surface area (Å²) in [6, 6.07) is 6.18. The molecule has 1 unspecified atom stereocenters. The molecule has 1 aliphatic rings. The van der Waals surface area contributed by atoms with Crippen LogP contribution in [-0.2, 0) is 11.8 Å². The van der Waals surface area contributed by atoms with Crippen LogP contribution in [0, 0.1) is 0 Å². The van der Waals surface area contributed by atoms with Gasteiger partial charge in [-0.1, -0.05) is 6.07 Å². The summed E-state index contributed by atoms with van der Waals surface area (Å²) in [5.74, 6) is 0.872. The standard InChI is InChI=1S/C13H19NO2/c1-16-11-3-2-10-4-5-13(9-14,6-7-15)12(10)8-11/h2-3,8,15H,4-7,9,14H2,1H3. The molecule has 0 saturated heterocycles. The maximum absolute atomic E-state index is 9.19. The molecule has 1 atom stereocenters. The Morgan fingerprint density at radius 3 is 2.94 bits per heavy atom. The van der Waals surface area contributed by atoms with Gasteiger partial charge in [-0.25, -0.2) is 0 Å². The number of ether oxygens (including phenoxy) is 1. The molecule has 0 aromatic heterocycles. The molecule has 0 radical (unpaired) electrons. The van der Waals surface area contributed by atoms with Gasteiger partial charge >= 0.3 is 0 Å². The number of methoxy groups -OCH3 is 1. The first-order chi connectivity index (χ1) is 7.75. The van der Waals surface area contributed by atoms with Crippen LogP contribution in [0.1, 0.15) is 24.0 Å². The number of fused-ring (bicyclic) bond motifs is 1. The second-order valence-corrected chi connectivity index (χ2v) is 4.48. The van der Waals surface area contributed by atoms with Crippen molar-refractivity contribution in [2.75, 3.05) is 20.3 Å². The van der Waals surface area contributed by atoms with Gasteiger partial charge in [0.15, 0.2) is 0 Å². The van der Waals surface area contributed by atoms with Gasteiger partial charge < -0.3 is 15.6 Å². The van der Waals surface area contributed by atoms with E-state index in [9.17, 15) is 5.11 Å². The number of nitrogens with two attached hydrogens (primary N) is 1. The summed E-state index contributed by atoms with van der Waals surface area (Å²) in [5.41, 5.74) is 8.48.